The summed E-state index contributed by atoms with van der Waals surface area (Å²) in [5.41, 5.74) is 1.14. The Morgan fingerprint density at radius 2 is 1.95 bits per heavy atom. The van der Waals surface area contributed by atoms with E-state index >= 15 is 0 Å². The molecule has 3 nitrogen and oxygen atoms in total. The largest absolute Gasteiger partial charge is 0.481 e. The maximum absolute atomic E-state index is 11.8. The van der Waals surface area contributed by atoms with Crippen molar-refractivity contribution in [3.8, 4) is 0 Å². The van der Waals surface area contributed by atoms with Crippen LogP contribution in [0.3, 0.4) is 0 Å². The van der Waals surface area contributed by atoms with Gasteiger partial charge in [0, 0.05) is 12.3 Å². The van der Waals surface area contributed by atoms with Crippen LogP contribution in [0.25, 0.3) is 0 Å². The second-order valence-electron chi connectivity index (χ2n) is 5.45. The quantitative estimate of drug-likeness (QED) is 0.477. The van der Waals surface area contributed by atoms with Crippen molar-refractivity contribution in [2.45, 2.75) is 58.3 Å². The molecule has 1 rings (SSSR count). The van der Waals surface area contributed by atoms with Gasteiger partial charge in [0.05, 0.1) is 0 Å². The Hall–Kier alpha value is -1.64. The molecule has 0 amide bonds. The lowest BCUT2D eigenvalue weighted by Gasteiger charge is -2.08. The third kappa shape index (κ3) is 7.07. The third-order valence-corrected chi connectivity index (χ3v) is 3.68. The molecule has 1 atom stereocenters. The van der Waals surface area contributed by atoms with Crippen molar-refractivity contribution in [3.05, 3.63) is 36.0 Å². The maximum Gasteiger partial charge on any atom is 0.303 e. The Kier molecular flexibility index (Phi) is 8.41. The predicted molar refractivity (Wildman–Crippen MR) is 85.1 cm³/mol. The molecular weight excluding hydrogens is 264 g/mol. The molecule has 0 bridgehead atoms. The SMILES string of the molecule is CCC=CC[C@@H]1C(=O)C=CC1=CCCCCCCC(=O)O. The van der Waals surface area contributed by atoms with Gasteiger partial charge in [-0.3, -0.25) is 9.59 Å². The van der Waals surface area contributed by atoms with Gasteiger partial charge in [-0.25, -0.2) is 0 Å². The first-order valence-corrected chi connectivity index (χ1v) is 7.94. The van der Waals surface area contributed by atoms with Gasteiger partial charge < -0.3 is 5.11 Å². The molecule has 1 aliphatic carbocycles. The molecule has 0 aromatic carbocycles. The molecular formula is C18H26O3. The summed E-state index contributed by atoms with van der Waals surface area (Å²) < 4.78 is 0. The lowest BCUT2D eigenvalue weighted by Crippen LogP contribution is -2.07. The van der Waals surface area contributed by atoms with Crippen molar-refractivity contribution in [1.29, 1.82) is 0 Å². The number of unbranched alkanes of at least 4 members (excludes halogenated alkanes) is 4. The number of rotatable bonds is 10. The highest BCUT2D eigenvalue weighted by Crippen LogP contribution is 2.26. The summed E-state index contributed by atoms with van der Waals surface area (Å²) in [6.07, 6.45) is 16.9. The number of aliphatic carboxylic acids is 1. The van der Waals surface area contributed by atoms with E-state index < -0.39 is 5.97 Å². The zero-order valence-electron chi connectivity index (χ0n) is 12.9. The molecule has 0 saturated carbocycles. The Labute approximate surface area is 127 Å². The van der Waals surface area contributed by atoms with E-state index in [2.05, 4.69) is 25.2 Å². The molecule has 0 fully saturated rings. The van der Waals surface area contributed by atoms with Crippen LogP contribution >= 0.6 is 0 Å². The Bertz CT molecular complexity index is 430. The first kappa shape index (κ1) is 17.4. The van der Waals surface area contributed by atoms with Crippen molar-refractivity contribution >= 4 is 11.8 Å². The summed E-state index contributed by atoms with van der Waals surface area (Å²) in [6.45, 7) is 2.09. The molecule has 0 spiro atoms. The van der Waals surface area contributed by atoms with E-state index in [-0.39, 0.29) is 18.1 Å². The number of hydrogen-bond acceptors (Lipinski definition) is 2. The standard InChI is InChI=1S/C18H26O3/c1-2-3-7-11-16-15(13-14-17(16)19)10-8-5-4-6-9-12-18(20)21/h3,7,10,13-14,16H,2,4-6,8-9,11-12H2,1H3,(H,20,21)/t16-/m0/s1. The van der Waals surface area contributed by atoms with Crippen molar-refractivity contribution in [2.75, 3.05) is 0 Å². The van der Waals surface area contributed by atoms with Crippen LogP contribution in [-0.4, -0.2) is 16.9 Å². The second kappa shape index (κ2) is 10.1. The molecule has 1 aliphatic rings. The fourth-order valence-corrected chi connectivity index (χ4v) is 2.48. The number of ketones is 1. The molecule has 0 saturated heterocycles. The van der Waals surface area contributed by atoms with Crippen LogP contribution in [-0.2, 0) is 9.59 Å². The molecule has 0 aromatic heterocycles. The summed E-state index contributed by atoms with van der Waals surface area (Å²) in [5, 5.41) is 8.55. The summed E-state index contributed by atoms with van der Waals surface area (Å²) in [4.78, 5) is 22.2. The molecule has 3 heteroatoms. The highest BCUT2D eigenvalue weighted by atomic mass is 16.4. The Morgan fingerprint density at radius 3 is 2.67 bits per heavy atom. The van der Waals surface area contributed by atoms with E-state index in [4.69, 9.17) is 5.11 Å². The molecule has 0 radical (unpaired) electrons. The number of carbonyl (C=O) groups is 2. The van der Waals surface area contributed by atoms with Crippen molar-refractivity contribution in [1.82, 2.24) is 0 Å². The molecule has 0 aromatic rings. The van der Waals surface area contributed by atoms with Gasteiger partial charge in [0.15, 0.2) is 5.78 Å². The summed E-state index contributed by atoms with van der Waals surface area (Å²) in [6, 6.07) is 0. The molecule has 0 aliphatic heterocycles. The number of carbonyl (C=O) groups excluding carboxylic acids is 1. The number of carboxylic acids is 1. The molecule has 21 heavy (non-hydrogen) atoms. The predicted octanol–water partition coefficient (Wildman–Crippen LogP) is 4.45. The van der Waals surface area contributed by atoms with Gasteiger partial charge in [0.1, 0.15) is 0 Å². The molecule has 0 heterocycles. The van der Waals surface area contributed by atoms with Crippen LogP contribution < -0.4 is 0 Å². The number of allylic oxidation sites excluding steroid dienone is 6. The Balaban J connectivity index is 2.27. The van der Waals surface area contributed by atoms with Gasteiger partial charge in [-0.1, -0.05) is 44.1 Å². The lowest BCUT2D eigenvalue weighted by atomic mass is 9.95. The summed E-state index contributed by atoms with van der Waals surface area (Å²) >= 11 is 0. The lowest BCUT2D eigenvalue weighted by molar-refractivity contribution is -0.137. The average Bonchev–Trinajstić information content (AvgIpc) is 2.79. The Morgan fingerprint density at radius 1 is 1.19 bits per heavy atom. The molecule has 0 unspecified atom stereocenters. The number of carboxylic acid groups (broad SMARTS) is 1. The van der Waals surface area contributed by atoms with Gasteiger partial charge in [0.25, 0.3) is 0 Å². The number of hydrogen-bond donors (Lipinski definition) is 1. The van der Waals surface area contributed by atoms with Crippen LogP contribution in [0.2, 0.25) is 0 Å². The van der Waals surface area contributed by atoms with Crippen LogP contribution in [0.5, 0.6) is 0 Å². The minimum Gasteiger partial charge on any atom is -0.481 e. The zero-order chi connectivity index (χ0) is 15.5. The molecule has 116 valence electrons. The fourth-order valence-electron chi connectivity index (χ4n) is 2.48. The van der Waals surface area contributed by atoms with Gasteiger partial charge in [-0.2, -0.15) is 0 Å². The van der Waals surface area contributed by atoms with Crippen LogP contribution in [0.1, 0.15) is 58.3 Å². The highest BCUT2D eigenvalue weighted by molar-refractivity contribution is 5.98. The average molecular weight is 290 g/mol. The van der Waals surface area contributed by atoms with Crippen molar-refractivity contribution in [2.24, 2.45) is 5.92 Å². The van der Waals surface area contributed by atoms with E-state index in [0.717, 1.165) is 50.5 Å². The second-order valence-corrected chi connectivity index (χ2v) is 5.45. The van der Waals surface area contributed by atoms with E-state index in [1.807, 2.05) is 6.08 Å². The van der Waals surface area contributed by atoms with Crippen LogP contribution in [0.4, 0.5) is 0 Å². The monoisotopic (exact) mass is 290 g/mol. The topological polar surface area (TPSA) is 54.4 Å². The van der Waals surface area contributed by atoms with Crippen LogP contribution in [0, 0.1) is 5.92 Å². The maximum atomic E-state index is 11.8. The van der Waals surface area contributed by atoms with Gasteiger partial charge >= 0.3 is 5.97 Å². The third-order valence-electron chi connectivity index (χ3n) is 3.68. The first-order chi connectivity index (χ1) is 10.1. The van der Waals surface area contributed by atoms with Crippen molar-refractivity contribution < 1.29 is 14.7 Å². The van der Waals surface area contributed by atoms with E-state index in [0.29, 0.717) is 0 Å². The summed E-state index contributed by atoms with van der Waals surface area (Å²) in [7, 11) is 0. The van der Waals surface area contributed by atoms with E-state index in [9.17, 15) is 9.59 Å². The smallest absolute Gasteiger partial charge is 0.303 e. The first-order valence-electron chi connectivity index (χ1n) is 7.94. The summed E-state index contributed by atoms with van der Waals surface area (Å²) in [5.74, 6) is -0.488. The van der Waals surface area contributed by atoms with E-state index in [1.54, 1.807) is 6.08 Å². The minimum atomic E-state index is -0.713. The van der Waals surface area contributed by atoms with E-state index in [1.165, 1.54) is 0 Å². The molecule has 1 N–H and O–H groups in total. The van der Waals surface area contributed by atoms with Crippen LogP contribution in [0.15, 0.2) is 36.0 Å². The fraction of sp³-hybridized carbons (Fsp3) is 0.556. The highest BCUT2D eigenvalue weighted by Gasteiger charge is 2.22. The van der Waals surface area contributed by atoms with Crippen molar-refractivity contribution in [3.63, 3.8) is 0 Å². The van der Waals surface area contributed by atoms with Gasteiger partial charge in [-0.15, -0.1) is 0 Å². The van der Waals surface area contributed by atoms with Gasteiger partial charge in [-0.05, 0) is 43.8 Å². The van der Waals surface area contributed by atoms with Gasteiger partial charge in [0.2, 0.25) is 0 Å². The minimum absolute atomic E-state index is 0.0137. The normalized spacial score (nSPS) is 20.0. The zero-order valence-corrected chi connectivity index (χ0v) is 12.9.